The summed E-state index contributed by atoms with van der Waals surface area (Å²) in [4.78, 5) is 23.7. The van der Waals surface area contributed by atoms with Crippen LogP contribution < -0.4 is 10.6 Å². The number of ether oxygens (including phenoxy) is 1. The third-order valence-electron chi connectivity index (χ3n) is 3.85. The van der Waals surface area contributed by atoms with Gasteiger partial charge >= 0.3 is 6.09 Å². The molecule has 5 nitrogen and oxygen atoms in total. The molecule has 0 bridgehead atoms. The average Bonchev–Trinajstić information content (AvgIpc) is 2.94. The Hall–Kier alpha value is -2.89. The summed E-state index contributed by atoms with van der Waals surface area (Å²) in [5.41, 5.74) is 1.48. The Kier molecular flexibility index (Phi) is 4.74. The van der Waals surface area contributed by atoms with E-state index in [9.17, 15) is 14.0 Å². The lowest BCUT2D eigenvalue weighted by atomic mass is 10.0. The number of hydrogen-bond donors (Lipinski definition) is 2. The van der Waals surface area contributed by atoms with E-state index < -0.39 is 18.2 Å². The molecule has 0 saturated carbocycles. The van der Waals surface area contributed by atoms with E-state index in [1.807, 2.05) is 30.3 Å². The lowest BCUT2D eigenvalue weighted by Crippen LogP contribution is -2.38. The van der Waals surface area contributed by atoms with Crippen LogP contribution in [0.3, 0.4) is 0 Å². The predicted octanol–water partition coefficient (Wildman–Crippen LogP) is 2.68. The highest BCUT2D eigenvalue weighted by Crippen LogP contribution is 2.25. The Bertz CT molecular complexity index is 736. The number of nitrogens with one attached hydrogen (secondary N) is 2. The van der Waals surface area contributed by atoms with Gasteiger partial charge < -0.3 is 15.4 Å². The fourth-order valence-corrected chi connectivity index (χ4v) is 2.72. The Morgan fingerprint density at radius 1 is 1.21 bits per heavy atom. The van der Waals surface area contributed by atoms with E-state index in [0.717, 1.165) is 5.56 Å². The number of alkyl carbamates (subject to hydrolysis) is 1. The van der Waals surface area contributed by atoms with Crippen LogP contribution in [0.4, 0.5) is 9.18 Å². The first kappa shape index (κ1) is 16.0. The van der Waals surface area contributed by atoms with Gasteiger partial charge in [0.1, 0.15) is 12.4 Å². The highest BCUT2D eigenvalue weighted by Gasteiger charge is 2.35. The minimum Gasteiger partial charge on any atom is -0.445 e. The summed E-state index contributed by atoms with van der Waals surface area (Å²) in [5, 5.41) is 5.43. The van der Waals surface area contributed by atoms with Gasteiger partial charge in [-0.15, -0.1) is 0 Å². The summed E-state index contributed by atoms with van der Waals surface area (Å²) in [5.74, 6) is -0.586. The second-order valence-corrected chi connectivity index (χ2v) is 5.62. The van der Waals surface area contributed by atoms with Gasteiger partial charge in [0.2, 0.25) is 5.91 Å². The molecule has 1 aliphatic heterocycles. The van der Waals surface area contributed by atoms with E-state index in [0.29, 0.717) is 5.56 Å². The SMILES string of the molecule is O=C1CC(NC(=O)OCc2ccccc2)C(c2cccc(F)c2)N1. The number of amides is 2. The number of halogens is 1. The van der Waals surface area contributed by atoms with Gasteiger partial charge in [-0.25, -0.2) is 9.18 Å². The van der Waals surface area contributed by atoms with Crippen molar-refractivity contribution in [2.24, 2.45) is 0 Å². The molecule has 2 N–H and O–H groups in total. The van der Waals surface area contributed by atoms with Crippen molar-refractivity contribution < 1.29 is 18.7 Å². The van der Waals surface area contributed by atoms with Crippen LogP contribution in [0.1, 0.15) is 23.6 Å². The van der Waals surface area contributed by atoms with E-state index in [2.05, 4.69) is 10.6 Å². The van der Waals surface area contributed by atoms with Gasteiger partial charge in [-0.3, -0.25) is 4.79 Å². The van der Waals surface area contributed by atoms with Crippen molar-refractivity contribution in [1.29, 1.82) is 0 Å². The molecule has 124 valence electrons. The molecule has 0 spiro atoms. The summed E-state index contributed by atoms with van der Waals surface area (Å²) < 4.78 is 18.6. The highest BCUT2D eigenvalue weighted by molar-refractivity contribution is 5.81. The van der Waals surface area contributed by atoms with Gasteiger partial charge in [-0.05, 0) is 23.3 Å². The molecule has 2 amide bonds. The highest BCUT2D eigenvalue weighted by atomic mass is 19.1. The van der Waals surface area contributed by atoms with Crippen molar-refractivity contribution in [3.63, 3.8) is 0 Å². The lowest BCUT2D eigenvalue weighted by molar-refractivity contribution is -0.119. The van der Waals surface area contributed by atoms with E-state index in [-0.39, 0.29) is 24.8 Å². The standard InChI is InChI=1S/C18H17FN2O3/c19-14-8-4-7-13(9-14)17-15(10-16(22)21-17)20-18(23)24-11-12-5-2-1-3-6-12/h1-9,15,17H,10-11H2,(H,20,23)(H,21,22). The molecular weight excluding hydrogens is 311 g/mol. The Balaban J connectivity index is 1.62. The smallest absolute Gasteiger partial charge is 0.407 e. The third kappa shape index (κ3) is 3.90. The van der Waals surface area contributed by atoms with E-state index in [4.69, 9.17) is 4.74 Å². The van der Waals surface area contributed by atoms with Crippen LogP contribution in [-0.4, -0.2) is 18.0 Å². The Labute approximate surface area is 138 Å². The number of rotatable bonds is 4. The van der Waals surface area contributed by atoms with Crippen LogP contribution in [0.25, 0.3) is 0 Å². The first-order valence-electron chi connectivity index (χ1n) is 7.64. The maximum Gasteiger partial charge on any atom is 0.407 e. The molecule has 2 atom stereocenters. The number of carbonyl (C=O) groups is 2. The van der Waals surface area contributed by atoms with Gasteiger partial charge in [0.05, 0.1) is 12.1 Å². The van der Waals surface area contributed by atoms with Gasteiger partial charge in [0.25, 0.3) is 0 Å². The molecule has 6 heteroatoms. The largest absolute Gasteiger partial charge is 0.445 e. The molecule has 1 aliphatic rings. The molecule has 3 rings (SSSR count). The monoisotopic (exact) mass is 328 g/mol. The van der Waals surface area contributed by atoms with Crippen molar-refractivity contribution in [2.45, 2.75) is 25.1 Å². The fraction of sp³-hybridized carbons (Fsp3) is 0.222. The van der Waals surface area contributed by atoms with Crippen LogP contribution in [0, 0.1) is 5.82 Å². The molecular formula is C18H17FN2O3. The molecule has 0 aromatic heterocycles. The number of benzene rings is 2. The molecule has 2 aromatic rings. The minimum absolute atomic E-state index is 0.127. The van der Waals surface area contributed by atoms with Crippen LogP contribution in [-0.2, 0) is 16.1 Å². The second-order valence-electron chi connectivity index (χ2n) is 5.62. The van der Waals surface area contributed by atoms with Crippen LogP contribution >= 0.6 is 0 Å². The van der Waals surface area contributed by atoms with Crippen molar-refractivity contribution >= 4 is 12.0 Å². The number of hydrogen-bond acceptors (Lipinski definition) is 3. The molecule has 2 unspecified atom stereocenters. The third-order valence-corrected chi connectivity index (χ3v) is 3.85. The van der Waals surface area contributed by atoms with Gasteiger partial charge in [0.15, 0.2) is 0 Å². The van der Waals surface area contributed by atoms with Crippen molar-refractivity contribution in [3.8, 4) is 0 Å². The van der Waals surface area contributed by atoms with Crippen LogP contribution in [0.15, 0.2) is 54.6 Å². The van der Waals surface area contributed by atoms with Gasteiger partial charge in [-0.1, -0.05) is 42.5 Å². The minimum atomic E-state index is -0.609. The molecule has 1 heterocycles. The summed E-state index contributed by atoms with van der Waals surface area (Å²) in [6.07, 6.45) is -0.483. The zero-order chi connectivity index (χ0) is 16.9. The Morgan fingerprint density at radius 2 is 2.00 bits per heavy atom. The van der Waals surface area contributed by atoms with Gasteiger partial charge in [0, 0.05) is 6.42 Å². The summed E-state index contributed by atoms with van der Waals surface area (Å²) in [6, 6.07) is 14.3. The first-order valence-corrected chi connectivity index (χ1v) is 7.64. The zero-order valence-electron chi connectivity index (χ0n) is 12.9. The maximum absolute atomic E-state index is 13.4. The molecule has 24 heavy (non-hydrogen) atoms. The summed E-state index contributed by atoms with van der Waals surface area (Å²) in [7, 11) is 0. The molecule has 2 aromatic carbocycles. The molecule has 0 aliphatic carbocycles. The summed E-state index contributed by atoms with van der Waals surface area (Å²) >= 11 is 0. The molecule has 1 saturated heterocycles. The number of carbonyl (C=O) groups excluding carboxylic acids is 2. The van der Waals surface area contributed by atoms with E-state index in [1.54, 1.807) is 12.1 Å². The van der Waals surface area contributed by atoms with Crippen LogP contribution in [0.2, 0.25) is 0 Å². The predicted molar refractivity (Wildman–Crippen MR) is 85.5 cm³/mol. The normalized spacial score (nSPS) is 19.6. The van der Waals surface area contributed by atoms with Crippen molar-refractivity contribution in [2.75, 3.05) is 0 Å². The van der Waals surface area contributed by atoms with E-state index >= 15 is 0 Å². The lowest BCUT2D eigenvalue weighted by Gasteiger charge is -2.20. The second kappa shape index (κ2) is 7.12. The zero-order valence-corrected chi connectivity index (χ0v) is 12.9. The van der Waals surface area contributed by atoms with Crippen molar-refractivity contribution in [3.05, 3.63) is 71.5 Å². The van der Waals surface area contributed by atoms with Gasteiger partial charge in [-0.2, -0.15) is 0 Å². The van der Waals surface area contributed by atoms with E-state index in [1.165, 1.54) is 12.1 Å². The molecule has 1 fully saturated rings. The maximum atomic E-state index is 13.4. The van der Waals surface area contributed by atoms with Crippen molar-refractivity contribution in [1.82, 2.24) is 10.6 Å². The first-order chi connectivity index (χ1) is 11.6. The average molecular weight is 328 g/mol. The fourth-order valence-electron chi connectivity index (χ4n) is 2.72. The quantitative estimate of drug-likeness (QED) is 0.907. The Morgan fingerprint density at radius 3 is 2.75 bits per heavy atom. The molecule has 0 radical (unpaired) electrons. The topological polar surface area (TPSA) is 67.4 Å². The summed E-state index contributed by atoms with van der Waals surface area (Å²) in [6.45, 7) is 0.144. The van der Waals surface area contributed by atoms with Crippen LogP contribution in [0.5, 0.6) is 0 Å².